The number of carbonyl (C=O) groups is 1. The monoisotopic (exact) mass is 324 g/mol. The van der Waals surface area contributed by atoms with Crippen molar-refractivity contribution in [3.63, 3.8) is 0 Å². The van der Waals surface area contributed by atoms with Crippen LogP contribution in [0.3, 0.4) is 0 Å². The van der Waals surface area contributed by atoms with E-state index >= 15 is 0 Å². The largest absolute Gasteiger partial charge is 0.494 e. The Morgan fingerprint density at radius 1 is 1.08 bits per heavy atom. The second-order valence-electron chi connectivity index (χ2n) is 4.92. The van der Waals surface area contributed by atoms with Gasteiger partial charge in [0.2, 0.25) is 0 Å². The predicted octanol–water partition coefficient (Wildman–Crippen LogP) is 2.60. The summed E-state index contributed by atoms with van der Waals surface area (Å²) in [6.45, 7) is 4.95. The van der Waals surface area contributed by atoms with Crippen LogP contribution in [0.2, 0.25) is 0 Å². The number of nitrogens with zero attached hydrogens (tertiary/aromatic N) is 1. The maximum absolute atomic E-state index is 11.9. The molecule has 0 unspecified atom stereocenters. The van der Waals surface area contributed by atoms with E-state index in [4.69, 9.17) is 9.47 Å². The number of carbonyl (C=O) groups excluding carboxylic acids is 1. The molecule has 1 N–H and O–H groups in total. The molecule has 5 heteroatoms. The van der Waals surface area contributed by atoms with Crippen molar-refractivity contribution >= 4 is 5.91 Å². The number of hydrogen-bond acceptors (Lipinski definition) is 4. The standard InChI is InChI=1S/C19H20N2O3/c1-3-23-17-10-7-16(8-11-17)19(22)20-12-4-5-13-24-18-9-6-15(2)21-14-18/h6-11,14H,3,12-13H2,1-2H3,(H,20,22). The van der Waals surface area contributed by atoms with E-state index in [1.807, 2.05) is 26.0 Å². The van der Waals surface area contributed by atoms with Gasteiger partial charge in [-0.25, -0.2) is 0 Å². The minimum atomic E-state index is -0.170. The zero-order valence-corrected chi connectivity index (χ0v) is 13.8. The number of aryl methyl sites for hydroxylation is 1. The van der Waals surface area contributed by atoms with Gasteiger partial charge in [0.25, 0.3) is 5.91 Å². The van der Waals surface area contributed by atoms with Crippen molar-refractivity contribution in [1.29, 1.82) is 0 Å². The summed E-state index contributed by atoms with van der Waals surface area (Å²) in [6, 6.07) is 10.7. The van der Waals surface area contributed by atoms with Crippen molar-refractivity contribution in [2.24, 2.45) is 0 Å². The molecule has 1 aromatic heterocycles. The summed E-state index contributed by atoms with van der Waals surface area (Å²) in [5.74, 6) is 6.94. The summed E-state index contributed by atoms with van der Waals surface area (Å²) in [6.07, 6.45) is 1.66. The maximum Gasteiger partial charge on any atom is 0.252 e. The summed E-state index contributed by atoms with van der Waals surface area (Å²) in [5, 5.41) is 2.74. The third-order valence-corrected chi connectivity index (χ3v) is 3.09. The highest BCUT2D eigenvalue weighted by Crippen LogP contribution is 2.11. The van der Waals surface area contributed by atoms with Crippen molar-refractivity contribution in [3.05, 3.63) is 53.9 Å². The van der Waals surface area contributed by atoms with Gasteiger partial charge in [0, 0.05) is 11.3 Å². The van der Waals surface area contributed by atoms with Gasteiger partial charge in [-0.2, -0.15) is 0 Å². The number of amides is 1. The molecule has 1 aromatic carbocycles. The number of rotatable bonds is 6. The van der Waals surface area contributed by atoms with Gasteiger partial charge in [-0.05, 0) is 50.2 Å². The molecule has 2 aromatic rings. The molecule has 1 amide bonds. The fraction of sp³-hybridized carbons (Fsp3) is 0.263. The quantitative estimate of drug-likeness (QED) is 0.830. The summed E-state index contributed by atoms with van der Waals surface area (Å²) < 4.78 is 10.8. The van der Waals surface area contributed by atoms with Crippen LogP contribution in [0.25, 0.3) is 0 Å². The first-order valence-electron chi connectivity index (χ1n) is 7.71. The highest BCUT2D eigenvalue weighted by Gasteiger charge is 2.03. The van der Waals surface area contributed by atoms with Gasteiger partial charge in [-0.1, -0.05) is 11.8 Å². The maximum atomic E-state index is 11.9. The molecule has 0 atom stereocenters. The lowest BCUT2D eigenvalue weighted by Crippen LogP contribution is -2.23. The highest BCUT2D eigenvalue weighted by molar-refractivity contribution is 5.94. The minimum absolute atomic E-state index is 0.170. The van der Waals surface area contributed by atoms with E-state index in [9.17, 15) is 4.79 Å². The lowest BCUT2D eigenvalue weighted by molar-refractivity contribution is 0.0958. The van der Waals surface area contributed by atoms with Gasteiger partial charge in [0.05, 0.1) is 19.3 Å². The first-order chi connectivity index (χ1) is 11.7. The topological polar surface area (TPSA) is 60.5 Å². The van der Waals surface area contributed by atoms with Gasteiger partial charge in [0.1, 0.15) is 18.1 Å². The molecule has 0 saturated carbocycles. The Morgan fingerprint density at radius 2 is 1.83 bits per heavy atom. The van der Waals surface area contributed by atoms with Crippen LogP contribution in [0.5, 0.6) is 11.5 Å². The average molecular weight is 324 g/mol. The van der Waals surface area contributed by atoms with E-state index in [0.717, 1.165) is 11.4 Å². The molecule has 0 aliphatic heterocycles. The summed E-state index contributed by atoms with van der Waals surface area (Å²) in [4.78, 5) is 16.1. The number of nitrogens with one attached hydrogen (secondary N) is 1. The van der Waals surface area contributed by atoms with Gasteiger partial charge >= 0.3 is 0 Å². The highest BCUT2D eigenvalue weighted by atomic mass is 16.5. The molecule has 0 fully saturated rings. The molecule has 0 aliphatic carbocycles. The van der Waals surface area contributed by atoms with E-state index in [0.29, 0.717) is 17.9 Å². The summed E-state index contributed by atoms with van der Waals surface area (Å²) in [5.41, 5.74) is 1.51. The molecule has 1 heterocycles. The van der Waals surface area contributed by atoms with Crippen molar-refractivity contribution in [3.8, 4) is 23.3 Å². The number of aromatic nitrogens is 1. The summed E-state index contributed by atoms with van der Waals surface area (Å²) in [7, 11) is 0. The van der Waals surface area contributed by atoms with Gasteiger partial charge in [-0.3, -0.25) is 9.78 Å². The third kappa shape index (κ3) is 5.65. The van der Waals surface area contributed by atoms with Crippen LogP contribution in [0.1, 0.15) is 23.0 Å². The molecular weight excluding hydrogens is 304 g/mol. The number of hydrogen-bond donors (Lipinski definition) is 1. The molecule has 0 saturated heterocycles. The van der Waals surface area contributed by atoms with Gasteiger partial charge < -0.3 is 14.8 Å². The Morgan fingerprint density at radius 3 is 2.50 bits per heavy atom. The van der Waals surface area contributed by atoms with Crippen molar-refractivity contribution in [2.75, 3.05) is 19.8 Å². The Balaban J connectivity index is 1.71. The van der Waals surface area contributed by atoms with Crippen molar-refractivity contribution in [1.82, 2.24) is 10.3 Å². The zero-order chi connectivity index (χ0) is 17.2. The molecule has 0 radical (unpaired) electrons. The number of pyridine rings is 1. The molecule has 124 valence electrons. The fourth-order valence-corrected chi connectivity index (χ4v) is 1.87. The van der Waals surface area contributed by atoms with E-state index < -0.39 is 0 Å². The minimum Gasteiger partial charge on any atom is -0.494 e. The van der Waals surface area contributed by atoms with E-state index in [1.54, 1.807) is 30.5 Å². The van der Waals surface area contributed by atoms with Crippen LogP contribution in [0, 0.1) is 18.8 Å². The number of ether oxygens (including phenoxy) is 2. The molecule has 0 spiro atoms. The van der Waals surface area contributed by atoms with Crippen LogP contribution in [-0.2, 0) is 0 Å². The molecule has 2 rings (SSSR count). The van der Waals surface area contributed by atoms with Crippen LogP contribution in [-0.4, -0.2) is 30.6 Å². The van der Waals surface area contributed by atoms with Crippen LogP contribution < -0.4 is 14.8 Å². The van der Waals surface area contributed by atoms with Crippen LogP contribution in [0.4, 0.5) is 0 Å². The molecular formula is C19H20N2O3. The molecule has 24 heavy (non-hydrogen) atoms. The SMILES string of the molecule is CCOc1ccc(C(=O)NCC#CCOc2ccc(C)nc2)cc1. The van der Waals surface area contributed by atoms with Crippen LogP contribution in [0.15, 0.2) is 42.6 Å². The lowest BCUT2D eigenvalue weighted by atomic mass is 10.2. The zero-order valence-electron chi connectivity index (χ0n) is 13.8. The normalized spacial score (nSPS) is 9.58. The van der Waals surface area contributed by atoms with E-state index in [2.05, 4.69) is 22.1 Å². The van der Waals surface area contributed by atoms with Gasteiger partial charge in [0.15, 0.2) is 0 Å². The first-order valence-corrected chi connectivity index (χ1v) is 7.71. The van der Waals surface area contributed by atoms with E-state index in [-0.39, 0.29) is 19.1 Å². The smallest absolute Gasteiger partial charge is 0.252 e. The predicted molar refractivity (Wildman–Crippen MR) is 92.2 cm³/mol. The second-order valence-corrected chi connectivity index (χ2v) is 4.92. The Labute approximate surface area is 142 Å². The second kappa shape index (κ2) is 9.21. The average Bonchev–Trinajstić information content (AvgIpc) is 2.60. The Bertz CT molecular complexity index is 713. The van der Waals surface area contributed by atoms with Gasteiger partial charge in [-0.15, -0.1) is 0 Å². The van der Waals surface area contributed by atoms with Crippen molar-refractivity contribution in [2.45, 2.75) is 13.8 Å². The fourth-order valence-electron chi connectivity index (χ4n) is 1.87. The Kier molecular flexibility index (Phi) is 6.66. The third-order valence-electron chi connectivity index (χ3n) is 3.09. The first kappa shape index (κ1) is 17.4. The lowest BCUT2D eigenvalue weighted by Gasteiger charge is -2.04. The number of benzene rings is 1. The molecule has 0 bridgehead atoms. The van der Waals surface area contributed by atoms with Crippen molar-refractivity contribution < 1.29 is 14.3 Å². The molecule has 0 aliphatic rings. The van der Waals surface area contributed by atoms with Crippen LogP contribution >= 0.6 is 0 Å². The van der Waals surface area contributed by atoms with E-state index in [1.165, 1.54) is 0 Å². The summed E-state index contributed by atoms with van der Waals surface area (Å²) >= 11 is 0. The Hall–Kier alpha value is -3.00. The molecule has 5 nitrogen and oxygen atoms in total.